The molecule has 1 amide bonds. The number of para-hydroxylation sites is 1. The fraction of sp³-hybridized carbons (Fsp3) is 0.407. The lowest BCUT2D eigenvalue weighted by Gasteiger charge is -2.37. The fourth-order valence-corrected chi connectivity index (χ4v) is 5.46. The van der Waals surface area contributed by atoms with Gasteiger partial charge < -0.3 is 25.2 Å². The van der Waals surface area contributed by atoms with Crippen LogP contribution in [0.15, 0.2) is 53.7 Å². The summed E-state index contributed by atoms with van der Waals surface area (Å²) in [6.45, 7) is 9.98. The van der Waals surface area contributed by atoms with Gasteiger partial charge in [-0.1, -0.05) is 26.0 Å². The summed E-state index contributed by atoms with van der Waals surface area (Å²) in [6, 6.07) is 12.5. The Balaban J connectivity index is 1.49. The molecule has 208 valence electrons. The highest BCUT2D eigenvalue weighted by Gasteiger charge is 2.24. The van der Waals surface area contributed by atoms with Crippen molar-refractivity contribution in [1.82, 2.24) is 19.9 Å². The van der Waals surface area contributed by atoms with Gasteiger partial charge in [-0.05, 0) is 38.1 Å². The Bertz CT molecular complexity index is 1420. The van der Waals surface area contributed by atoms with E-state index in [1.165, 1.54) is 6.33 Å². The van der Waals surface area contributed by atoms with Crippen LogP contribution in [0.3, 0.4) is 0 Å². The van der Waals surface area contributed by atoms with Crippen molar-refractivity contribution in [2.45, 2.75) is 37.8 Å². The molecule has 11 nitrogen and oxygen atoms in total. The van der Waals surface area contributed by atoms with Gasteiger partial charge in [0.2, 0.25) is 17.8 Å². The van der Waals surface area contributed by atoms with Gasteiger partial charge in [-0.25, -0.2) is 18.4 Å². The molecule has 1 aliphatic rings. The van der Waals surface area contributed by atoms with Crippen LogP contribution in [0.25, 0.3) is 0 Å². The Kier molecular flexibility index (Phi) is 8.54. The van der Waals surface area contributed by atoms with Crippen LogP contribution in [0, 0.1) is 5.92 Å². The van der Waals surface area contributed by atoms with E-state index in [4.69, 9.17) is 4.74 Å². The summed E-state index contributed by atoms with van der Waals surface area (Å²) in [6.07, 6.45) is 1.34. The van der Waals surface area contributed by atoms with Gasteiger partial charge in [0.1, 0.15) is 12.1 Å². The summed E-state index contributed by atoms with van der Waals surface area (Å²) in [4.78, 5) is 29.4. The van der Waals surface area contributed by atoms with E-state index in [9.17, 15) is 13.2 Å². The van der Waals surface area contributed by atoms with Gasteiger partial charge in [0, 0.05) is 43.9 Å². The molecule has 1 fully saturated rings. The van der Waals surface area contributed by atoms with Crippen LogP contribution < -0.4 is 20.3 Å². The zero-order valence-corrected chi connectivity index (χ0v) is 23.7. The van der Waals surface area contributed by atoms with E-state index in [1.54, 1.807) is 45.2 Å². The van der Waals surface area contributed by atoms with Gasteiger partial charge in [-0.15, -0.1) is 0 Å². The Labute approximate surface area is 229 Å². The van der Waals surface area contributed by atoms with Crippen molar-refractivity contribution in [3.63, 3.8) is 0 Å². The summed E-state index contributed by atoms with van der Waals surface area (Å²) < 4.78 is 31.2. The highest BCUT2D eigenvalue weighted by Crippen LogP contribution is 2.32. The number of methoxy groups -OCH3 is 1. The smallest absolute Gasteiger partial charge is 0.232 e. The van der Waals surface area contributed by atoms with Crippen molar-refractivity contribution >= 4 is 44.7 Å². The number of nitrogens with zero attached hydrogens (tertiary/aromatic N) is 5. The van der Waals surface area contributed by atoms with Crippen molar-refractivity contribution in [3.8, 4) is 5.75 Å². The molecule has 1 aliphatic heterocycles. The molecule has 0 unspecified atom stereocenters. The number of piperazine rings is 1. The summed E-state index contributed by atoms with van der Waals surface area (Å²) in [7, 11) is -1.92. The average Bonchev–Trinajstić information content (AvgIpc) is 2.93. The molecule has 0 bridgehead atoms. The lowest BCUT2D eigenvalue weighted by atomic mass is 10.1. The predicted molar refractivity (Wildman–Crippen MR) is 152 cm³/mol. The monoisotopic (exact) mass is 553 g/mol. The second-order valence-corrected chi connectivity index (χ2v) is 12.3. The van der Waals surface area contributed by atoms with Crippen LogP contribution in [-0.2, 0) is 14.6 Å². The number of hydrogen-bond acceptors (Lipinski definition) is 10. The Morgan fingerprint density at radius 1 is 0.923 bits per heavy atom. The Morgan fingerprint density at radius 2 is 1.56 bits per heavy atom. The standard InChI is InChI=1S/C27H35N7O4S/c1-18(2)25(35)34-14-12-33(13-15-34)20-10-11-21(23(16-20)38-5)30-26-28-17-29-27(32-26)31-22-8-6-7-9-24(22)39(36,37)19(3)4/h6-11,16-19H,12-15H2,1-5H3,(H2,28,29,30,31,32). The lowest BCUT2D eigenvalue weighted by molar-refractivity contribution is -0.134. The Hall–Kier alpha value is -3.93. The van der Waals surface area contributed by atoms with Gasteiger partial charge in [-0.3, -0.25) is 4.79 Å². The number of anilines is 5. The van der Waals surface area contributed by atoms with Crippen LogP contribution in [0.1, 0.15) is 27.7 Å². The molecule has 1 saturated heterocycles. The van der Waals surface area contributed by atoms with Gasteiger partial charge in [0.25, 0.3) is 0 Å². The maximum Gasteiger partial charge on any atom is 0.232 e. The van der Waals surface area contributed by atoms with E-state index in [0.29, 0.717) is 30.2 Å². The quantitative estimate of drug-likeness (QED) is 0.403. The number of rotatable bonds is 9. The maximum absolute atomic E-state index is 12.8. The predicted octanol–water partition coefficient (Wildman–Crippen LogP) is 3.85. The zero-order valence-electron chi connectivity index (χ0n) is 22.9. The molecule has 0 saturated carbocycles. The first-order valence-corrected chi connectivity index (χ1v) is 14.4. The van der Waals surface area contributed by atoms with Crippen molar-refractivity contribution in [2.75, 3.05) is 48.8 Å². The first-order chi connectivity index (χ1) is 18.6. The van der Waals surface area contributed by atoms with Gasteiger partial charge in [-0.2, -0.15) is 4.98 Å². The molecular weight excluding hydrogens is 518 g/mol. The number of aromatic nitrogens is 3. The molecule has 0 spiro atoms. The minimum Gasteiger partial charge on any atom is -0.494 e. The normalized spacial score (nSPS) is 14.0. The number of carbonyl (C=O) groups excluding carboxylic acids is 1. The molecule has 2 aromatic carbocycles. The minimum absolute atomic E-state index is 0.00375. The summed E-state index contributed by atoms with van der Waals surface area (Å²) >= 11 is 0. The second-order valence-electron chi connectivity index (χ2n) is 9.82. The minimum atomic E-state index is -3.51. The Morgan fingerprint density at radius 3 is 2.18 bits per heavy atom. The molecule has 0 atom stereocenters. The van der Waals surface area contributed by atoms with Crippen molar-refractivity contribution in [1.29, 1.82) is 0 Å². The molecule has 12 heteroatoms. The molecule has 2 heterocycles. The average molecular weight is 554 g/mol. The number of amides is 1. The summed E-state index contributed by atoms with van der Waals surface area (Å²) in [5.74, 6) is 1.25. The molecule has 0 radical (unpaired) electrons. The number of ether oxygens (including phenoxy) is 1. The summed E-state index contributed by atoms with van der Waals surface area (Å²) in [5, 5.41) is 5.60. The summed E-state index contributed by atoms with van der Waals surface area (Å²) in [5.41, 5.74) is 2.05. The number of sulfone groups is 1. The van der Waals surface area contributed by atoms with E-state index < -0.39 is 15.1 Å². The van der Waals surface area contributed by atoms with E-state index in [2.05, 4.69) is 30.5 Å². The largest absolute Gasteiger partial charge is 0.494 e. The number of carbonyl (C=O) groups is 1. The molecule has 39 heavy (non-hydrogen) atoms. The van der Waals surface area contributed by atoms with Crippen molar-refractivity contribution in [2.24, 2.45) is 5.92 Å². The van der Waals surface area contributed by atoms with Crippen LogP contribution in [-0.4, -0.2) is 72.7 Å². The molecule has 1 aromatic heterocycles. The van der Waals surface area contributed by atoms with E-state index in [-0.39, 0.29) is 28.6 Å². The molecular formula is C27H35N7O4S. The van der Waals surface area contributed by atoms with Gasteiger partial charge in [0.05, 0.1) is 28.6 Å². The van der Waals surface area contributed by atoms with Crippen LogP contribution in [0.5, 0.6) is 5.75 Å². The SMILES string of the molecule is COc1cc(N2CCN(C(=O)C(C)C)CC2)ccc1Nc1ncnc(Nc2ccccc2S(=O)(=O)C(C)C)n1. The topological polar surface area (TPSA) is 130 Å². The van der Waals surface area contributed by atoms with Gasteiger partial charge >= 0.3 is 0 Å². The highest BCUT2D eigenvalue weighted by molar-refractivity contribution is 7.92. The third-order valence-corrected chi connectivity index (χ3v) is 8.72. The molecule has 3 aromatic rings. The van der Waals surface area contributed by atoms with Crippen LogP contribution >= 0.6 is 0 Å². The third kappa shape index (κ3) is 6.39. The van der Waals surface area contributed by atoms with Crippen molar-refractivity contribution < 1.29 is 17.9 Å². The molecule has 4 rings (SSSR count). The number of benzene rings is 2. The third-order valence-electron chi connectivity index (χ3n) is 6.51. The van der Waals surface area contributed by atoms with E-state index in [1.807, 2.05) is 36.9 Å². The first kappa shape index (κ1) is 28.1. The fourth-order valence-electron chi connectivity index (χ4n) is 4.26. The van der Waals surface area contributed by atoms with E-state index >= 15 is 0 Å². The van der Waals surface area contributed by atoms with Crippen molar-refractivity contribution in [3.05, 3.63) is 48.8 Å². The molecule has 0 aliphatic carbocycles. The lowest BCUT2D eigenvalue weighted by Crippen LogP contribution is -2.49. The van der Waals surface area contributed by atoms with Crippen LogP contribution in [0.2, 0.25) is 0 Å². The molecule has 2 N–H and O–H groups in total. The van der Waals surface area contributed by atoms with Gasteiger partial charge in [0.15, 0.2) is 9.84 Å². The number of hydrogen-bond donors (Lipinski definition) is 2. The van der Waals surface area contributed by atoms with E-state index in [0.717, 1.165) is 18.8 Å². The van der Waals surface area contributed by atoms with Crippen LogP contribution in [0.4, 0.5) is 29.0 Å². The number of nitrogens with one attached hydrogen (secondary N) is 2. The zero-order chi connectivity index (χ0) is 28.2. The highest BCUT2D eigenvalue weighted by atomic mass is 32.2. The maximum atomic E-state index is 12.8. The second kappa shape index (κ2) is 11.9. The first-order valence-electron chi connectivity index (χ1n) is 12.9.